The van der Waals surface area contributed by atoms with Crippen LogP contribution >= 0.6 is 0 Å². The first-order chi connectivity index (χ1) is 11.8. The molecular weight excluding hydrogens is 304 g/mol. The second-order valence-corrected chi connectivity index (χ2v) is 6.48. The molecule has 0 unspecified atom stereocenters. The summed E-state index contributed by atoms with van der Waals surface area (Å²) in [6.45, 7) is 2.44. The van der Waals surface area contributed by atoms with Crippen LogP contribution in [0.2, 0.25) is 0 Å². The highest BCUT2D eigenvalue weighted by molar-refractivity contribution is 5.92. The van der Waals surface area contributed by atoms with E-state index < -0.39 is 0 Å². The third kappa shape index (κ3) is 2.98. The van der Waals surface area contributed by atoms with Crippen molar-refractivity contribution < 1.29 is 4.79 Å². The Balaban J connectivity index is 1.50. The Labute approximate surface area is 141 Å². The van der Waals surface area contributed by atoms with Crippen molar-refractivity contribution in [2.45, 2.75) is 44.7 Å². The van der Waals surface area contributed by atoms with Crippen molar-refractivity contribution in [2.75, 3.05) is 18.4 Å². The molecular formula is C17H22N6O. The van der Waals surface area contributed by atoms with E-state index >= 15 is 0 Å². The maximum absolute atomic E-state index is 12.8. The summed E-state index contributed by atoms with van der Waals surface area (Å²) in [7, 11) is 0. The van der Waals surface area contributed by atoms with Crippen LogP contribution in [0.15, 0.2) is 24.7 Å². The van der Waals surface area contributed by atoms with Crippen LogP contribution in [0, 0.1) is 0 Å². The van der Waals surface area contributed by atoms with Crippen LogP contribution in [-0.2, 0) is 13.0 Å². The van der Waals surface area contributed by atoms with Crippen molar-refractivity contribution in [1.29, 1.82) is 0 Å². The summed E-state index contributed by atoms with van der Waals surface area (Å²) in [6, 6.07) is 2.01. The summed E-state index contributed by atoms with van der Waals surface area (Å²) >= 11 is 0. The van der Waals surface area contributed by atoms with Crippen LogP contribution in [-0.4, -0.2) is 49.5 Å². The Bertz CT molecular complexity index is 707. The summed E-state index contributed by atoms with van der Waals surface area (Å²) in [5, 5.41) is 3.36. The van der Waals surface area contributed by atoms with Crippen LogP contribution in [0.25, 0.3) is 0 Å². The van der Waals surface area contributed by atoms with E-state index in [1.807, 2.05) is 4.90 Å². The molecule has 0 radical (unpaired) electrons. The highest BCUT2D eigenvalue weighted by Crippen LogP contribution is 2.21. The molecule has 1 fully saturated rings. The normalized spacial score (nSPS) is 20.5. The number of aryl methyl sites for hydroxylation is 1. The Hall–Kier alpha value is -2.44. The highest BCUT2D eigenvalue weighted by Gasteiger charge is 2.27. The quantitative estimate of drug-likeness (QED) is 0.929. The van der Waals surface area contributed by atoms with Crippen LogP contribution < -0.4 is 5.32 Å². The highest BCUT2D eigenvalue weighted by atomic mass is 16.2. The van der Waals surface area contributed by atoms with Gasteiger partial charge < -0.3 is 14.8 Å². The molecule has 2 aliphatic rings. The fourth-order valence-electron chi connectivity index (χ4n) is 3.54. The average molecular weight is 326 g/mol. The van der Waals surface area contributed by atoms with Gasteiger partial charge in [0.25, 0.3) is 5.91 Å². The van der Waals surface area contributed by atoms with Gasteiger partial charge in [0.15, 0.2) is 0 Å². The van der Waals surface area contributed by atoms with E-state index in [4.69, 9.17) is 0 Å². The number of nitrogens with zero attached hydrogens (tertiary/aromatic N) is 5. The minimum absolute atomic E-state index is 0.116. The minimum Gasteiger partial charge on any atom is -0.350 e. The third-order valence-electron chi connectivity index (χ3n) is 4.82. The monoisotopic (exact) mass is 326 g/mol. The summed E-state index contributed by atoms with van der Waals surface area (Å²) in [5.74, 6) is 1.75. The minimum atomic E-state index is 0.116. The van der Waals surface area contributed by atoms with E-state index in [-0.39, 0.29) is 11.9 Å². The molecule has 0 bridgehead atoms. The van der Waals surface area contributed by atoms with Crippen molar-refractivity contribution >= 4 is 11.9 Å². The van der Waals surface area contributed by atoms with Gasteiger partial charge in [-0.3, -0.25) is 4.79 Å². The van der Waals surface area contributed by atoms with Crippen molar-refractivity contribution in [3.63, 3.8) is 0 Å². The zero-order valence-corrected chi connectivity index (χ0v) is 13.7. The van der Waals surface area contributed by atoms with Crippen LogP contribution in [0.4, 0.5) is 5.95 Å². The summed E-state index contributed by atoms with van der Waals surface area (Å²) in [5.41, 5.74) is 0.715. The average Bonchev–Trinajstić information content (AvgIpc) is 3.06. The second-order valence-electron chi connectivity index (χ2n) is 6.48. The lowest BCUT2D eigenvalue weighted by atomic mass is 10.1. The lowest BCUT2D eigenvalue weighted by Gasteiger charge is -2.29. The molecule has 1 amide bonds. The molecule has 2 aliphatic heterocycles. The summed E-state index contributed by atoms with van der Waals surface area (Å²) < 4.78 is 2.07. The molecule has 2 aromatic rings. The van der Waals surface area contributed by atoms with Gasteiger partial charge in [-0.05, 0) is 31.7 Å². The van der Waals surface area contributed by atoms with Crippen molar-refractivity contribution in [3.05, 3.63) is 36.2 Å². The van der Waals surface area contributed by atoms with Gasteiger partial charge in [-0.25, -0.2) is 15.0 Å². The Kier molecular flexibility index (Phi) is 4.15. The number of amides is 1. The molecule has 1 N–H and O–H groups in total. The van der Waals surface area contributed by atoms with E-state index in [0.29, 0.717) is 11.6 Å². The fourth-order valence-corrected chi connectivity index (χ4v) is 3.54. The first-order valence-electron chi connectivity index (χ1n) is 8.68. The molecule has 0 aromatic carbocycles. The van der Waals surface area contributed by atoms with Crippen molar-refractivity contribution in [1.82, 2.24) is 24.4 Å². The van der Waals surface area contributed by atoms with Gasteiger partial charge in [-0.2, -0.15) is 0 Å². The predicted molar refractivity (Wildman–Crippen MR) is 89.7 cm³/mol. The number of carbonyl (C=O) groups is 1. The predicted octanol–water partition coefficient (Wildman–Crippen LogP) is 1.73. The number of carbonyl (C=O) groups excluding carboxylic acids is 1. The maximum atomic E-state index is 12.8. The Morgan fingerprint density at radius 3 is 2.71 bits per heavy atom. The topological polar surface area (TPSA) is 75.9 Å². The molecule has 4 rings (SSSR count). The Morgan fingerprint density at radius 1 is 1.12 bits per heavy atom. The van der Waals surface area contributed by atoms with E-state index in [0.717, 1.165) is 51.1 Å². The molecule has 0 spiro atoms. The molecule has 0 aliphatic carbocycles. The van der Waals surface area contributed by atoms with E-state index in [2.05, 4.69) is 24.8 Å². The van der Waals surface area contributed by atoms with E-state index in [1.54, 1.807) is 24.7 Å². The zero-order chi connectivity index (χ0) is 16.4. The zero-order valence-electron chi connectivity index (χ0n) is 13.7. The molecule has 1 atom stereocenters. The first kappa shape index (κ1) is 15.1. The van der Waals surface area contributed by atoms with Gasteiger partial charge in [-0.15, -0.1) is 0 Å². The number of likely N-dealkylation sites (tertiary alicyclic amines) is 1. The number of imidazole rings is 1. The van der Waals surface area contributed by atoms with Crippen LogP contribution in [0.3, 0.4) is 0 Å². The van der Waals surface area contributed by atoms with Gasteiger partial charge in [0.05, 0.1) is 6.20 Å². The van der Waals surface area contributed by atoms with Gasteiger partial charge >= 0.3 is 0 Å². The van der Waals surface area contributed by atoms with E-state index in [9.17, 15) is 4.79 Å². The largest absolute Gasteiger partial charge is 0.350 e. The fraction of sp³-hybridized carbons (Fsp3) is 0.529. The maximum Gasteiger partial charge on any atom is 0.272 e. The lowest BCUT2D eigenvalue weighted by molar-refractivity contribution is 0.0712. The number of rotatable bonds is 3. The number of hydrogen-bond donors (Lipinski definition) is 1. The Morgan fingerprint density at radius 2 is 1.92 bits per heavy atom. The van der Waals surface area contributed by atoms with Crippen LogP contribution in [0.1, 0.15) is 42.0 Å². The molecule has 2 aromatic heterocycles. The number of nitrogens with one attached hydrogen (secondary N) is 1. The van der Waals surface area contributed by atoms with Crippen molar-refractivity contribution in [2.24, 2.45) is 0 Å². The second kappa shape index (κ2) is 6.59. The summed E-state index contributed by atoms with van der Waals surface area (Å²) in [4.78, 5) is 27.7. The molecule has 4 heterocycles. The lowest BCUT2D eigenvalue weighted by Crippen LogP contribution is -2.39. The number of piperidine rings is 1. The van der Waals surface area contributed by atoms with Gasteiger partial charge in [0.1, 0.15) is 11.5 Å². The number of hydrogen-bond acceptors (Lipinski definition) is 5. The smallest absolute Gasteiger partial charge is 0.272 e. The standard InChI is InChI=1S/C17H22N6O/c24-16(22-9-2-1-3-10-22)14-11-20-15-6-5-13(12-23(14)15)21-17-18-7-4-8-19-17/h4,7-8,11,13H,1-3,5-6,9-10,12H2,(H,18,19,21)/t13-/m0/s1. The third-order valence-corrected chi connectivity index (χ3v) is 4.82. The van der Waals surface area contributed by atoms with Crippen LogP contribution in [0.5, 0.6) is 0 Å². The van der Waals surface area contributed by atoms with Crippen molar-refractivity contribution in [3.8, 4) is 0 Å². The summed E-state index contributed by atoms with van der Waals surface area (Å²) in [6.07, 6.45) is 10.4. The van der Waals surface area contributed by atoms with Gasteiger partial charge in [0, 0.05) is 44.5 Å². The van der Waals surface area contributed by atoms with Gasteiger partial charge in [0.2, 0.25) is 5.95 Å². The van der Waals surface area contributed by atoms with Gasteiger partial charge in [-0.1, -0.05) is 0 Å². The molecule has 126 valence electrons. The molecule has 7 heteroatoms. The van der Waals surface area contributed by atoms with E-state index in [1.165, 1.54) is 6.42 Å². The molecule has 24 heavy (non-hydrogen) atoms. The first-order valence-corrected chi connectivity index (χ1v) is 8.68. The SMILES string of the molecule is O=C(c1cnc2n1C[C@@H](Nc1ncccn1)CC2)N1CCCCC1. The molecule has 1 saturated heterocycles. The number of aromatic nitrogens is 4. The molecule has 7 nitrogen and oxygen atoms in total. The number of anilines is 1. The molecule has 0 saturated carbocycles. The number of fused-ring (bicyclic) bond motifs is 1.